The summed E-state index contributed by atoms with van der Waals surface area (Å²) in [5.74, 6) is 0. The highest BCUT2D eigenvalue weighted by Crippen LogP contribution is 2.42. The number of hydrogen-bond donors (Lipinski definition) is 3. The number of amides is 2. The van der Waals surface area contributed by atoms with Gasteiger partial charge < -0.3 is 16.1 Å². The zero-order valence-corrected chi connectivity index (χ0v) is 16.3. The second-order valence-electron chi connectivity index (χ2n) is 7.08. The first-order chi connectivity index (χ1) is 12.2. The van der Waals surface area contributed by atoms with E-state index in [-0.39, 0.29) is 0 Å². The van der Waals surface area contributed by atoms with Crippen molar-refractivity contribution >= 4 is 33.4 Å². The van der Waals surface area contributed by atoms with E-state index in [1.54, 1.807) is 13.8 Å². The van der Waals surface area contributed by atoms with Crippen molar-refractivity contribution in [1.82, 2.24) is 10.5 Å². The van der Waals surface area contributed by atoms with Crippen LogP contribution in [0.4, 0.5) is 4.79 Å². The monoisotopic (exact) mass is 423 g/mol. The molecule has 1 aliphatic heterocycles. The summed E-state index contributed by atoms with van der Waals surface area (Å²) in [6.45, 7) is 3.58. The standard InChI is InChI=1S/C17H22BrN5O3/c1-16(2)14(11-6-8-12(18)9-7-11)22(25)17(23(16)26)10-4-3-5-13(17)20-21-15(19)24/h6-9,26H,3-5,10H2,1-2H3,(H3,19,21,24)/b20-13+. The third-order valence-electron chi connectivity index (χ3n) is 5.07. The maximum absolute atomic E-state index is 13.5. The minimum Gasteiger partial charge on any atom is -0.622 e. The molecule has 0 saturated heterocycles. The summed E-state index contributed by atoms with van der Waals surface area (Å²) in [7, 11) is 0. The van der Waals surface area contributed by atoms with Gasteiger partial charge >= 0.3 is 6.03 Å². The average Bonchev–Trinajstić information content (AvgIpc) is 2.74. The van der Waals surface area contributed by atoms with Crippen LogP contribution in [0.15, 0.2) is 33.8 Å². The van der Waals surface area contributed by atoms with Gasteiger partial charge in [0.15, 0.2) is 0 Å². The number of halogens is 1. The molecule has 9 heteroatoms. The maximum Gasteiger partial charge on any atom is 0.332 e. The van der Waals surface area contributed by atoms with Gasteiger partial charge in [-0.15, -0.1) is 5.06 Å². The third-order valence-corrected chi connectivity index (χ3v) is 5.60. The smallest absolute Gasteiger partial charge is 0.332 e. The predicted molar refractivity (Wildman–Crippen MR) is 101 cm³/mol. The van der Waals surface area contributed by atoms with E-state index in [2.05, 4.69) is 26.5 Å². The number of hydrazone groups is 1. The van der Waals surface area contributed by atoms with E-state index in [1.807, 2.05) is 24.3 Å². The van der Waals surface area contributed by atoms with Gasteiger partial charge in [0.1, 0.15) is 11.3 Å². The highest BCUT2D eigenvalue weighted by atomic mass is 79.9. The van der Waals surface area contributed by atoms with E-state index in [4.69, 9.17) is 5.73 Å². The molecular formula is C17H22BrN5O3. The molecule has 0 radical (unpaired) electrons. The SMILES string of the molecule is CC1(C)C(c2ccc(Br)cc2)=[N+]([O-])C2(CCCC/C2=N\NC(N)=O)N1O. The lowest BCUT2D eigenvalue weighted by Crippen LogP contribution is -2.61. The molecule has 0 aromatic heterocycles. The molecular weight excluding hydrogens is 402 g/mol. The van der Waals surface area contributed by atoms with Gasteiger partial charge in [-0.25, -0.2) is 10.2 Å². The molecule has 1 atom stereocenters. The Morgan fingerprint density at radius 2 is 2.04 bits per heavy atom. The summed E-state index contributed by atoms with van der Waals surface area (Å²) in [5, 5.41) is 29.7. The van der Waals surface area contributed by atoms with Crippen molar-refractivity contribution in [3.05, 3.63) is 39.5 Å². The molecule has 1 aromatic rings. The van der Waals surface area contributed by atoms with Gasteiger partial charge in [-0.1, -0.05) is 15.9 Å². The molecule has 2 amide bonds. The summed E-state index contributed by atoms with van der Waals surface area (Å²) in [6, 6.07) is 6.56. The Labute approximate surface area is 160 Å². The topological polar surface area (TPSA) is 117 Å². The zero-order chi connectivity index (χ0) is 19.1. The fourth-order valence-corrected chi connectivity index (χ4v) is 4.15. The highest BCUT2D eigenvalue weighted by molar-refractivity contribution is 9.10. The van der Waals surface area contributed by atoms with Crippen LogP contribution in [0, 0.1) is 5.21 Å². The Morgan fingerprint density at radius 3 is 2.65 bits per heavy atom. The molecule has 26 heavy (non-hydrogen) atoms. The van der Waals surface area contributed by atoms with Crippen LogP contribution in [0.25, 0.3) is 0 Å². The van der Waals surface area contributed by atoms with Gasteiger partial charge in [0.25, 0.3) is 5.66 Å². The summed E-state index contributed by atoms with van der Waals surface area (Å²) >= 11 is 3.39. The number of benzene rings is 1. The number of primary amides is 1. The lowest BCUT2D eigenvalue weighted by molar-refractivity contribution is -0.568. The summed E-state index contributed by atoms with van der Waals surface area (Å²) < 4.78 is 1.74. The van der Waals surface area contributed by atoms with Crippen LogP contribution >= 0.6 is 15.9 Å². The lowest BCUT2D eigenvalue weighted by Gasteiger charge is -2.38. The molecule has 140 valence electrons. The number of carbonyl (C=O) groups excluding carboxylic acids is 1. The van der Waals surface area contributed by atoms with Gasteiger partial charge in [-0.3, -0.25) is 0 Å². The molecule has 1 fully saturated rings. The minimum absolute atomic E-state index is 0.399. The van der Waals surface area contributed by atoms with Crippen LogP contribution in [0.1, 0.15) is 45.1 Å². The molecule has 1 aromatic carbocycles. The van der Waals surface area contributed by atoms with Crippen LogP contribution in [0.5, 0.6) is 0 Å². The van der Waals surface area contributed by atoms with E-state index in [0.717, 1.165) is 32.7 Å². The second-order valence-corrected chi connectivity index (χ2v) is 7.99. The first kappa shape index (κ1) is 18.8. The minimum atomic E-state index is -1.35. The number of nitrogens with zero attached hydrogens (tertiary/aromatic N) is 3. The Hall–Kier alpha value is -1.97. The lowest BCUT2D eigenvalue weighted by atomic mass is 9.86. The van der Waals surface area contributed by atoms with Gasteiger partial charge in [0.05, 0.1) is 0 Å². The van der Waals surface area contributed by atoms with E-state index >= 15 is 0 Å². The van der Waals surface area contributed by atoms with Crippen LogP contribution in [0.3, 0.4) is 0 Å². The van der Waals surface area contributed by atoms with E-state index in [9.17, 15) is 15.2 Å². The van der Waals surface area contributed by atoms with E-state index < -0.39 is 17.2 Å². The first-order valence-electron chi connectivity index (χ1n) is 8.43. The van der Waals surface area contributed by atoms with Crippen molar-refractivity contribution in [2.24, 2.45) is 10.8 Å². The van der Waals surface area contributed by atoms with Crippen molar-refractivity contribution in [2.75, 3.05) is 0 Å². The number of urea groups is 1. The average molecular weight is 424 g/mol. The Kier molecular flexibility index (Phi) is 4.80. The number of nitrogens with two attached hydrogens (primary N) is 1. The summed E-state index contributed by atoms with van der Waals surface area (Å²) in [4.78, 5) is 11.1. The molecule has 1 heterocycles. The number of hydrogen-bond acceptors (Lipinski definition) is 5. The fraction of sp³-hybridized carbons (Fsp3) is 0.471. The summed E-state index contributed by atoms with van der Waals surface area (Å²) in [5.41, 5.74) is 6.59. The number of rotatable bonds is 2. The molecule has 1 aliphatic carbocycles. The van der Waals surface area contributed by atoms with Gasteiger partial charge in [0.2, 0.25) is 5.71 Å². The van der Waals surface area contributed by atoms with Crippen molar-refractivity contribution < 1.29 is 14.7 Å². The summed E-state index contributed by atoms with van der Waals surface area (Å²) in [6.07, 6.45) is 2.46. The van der Waals surface area contributed by atoms with Crippen LogP contribution in [0.2, 0.25) is 0 Å². The Morgan fingerprint density at radius 1 is 1.38 bits per heavy atom. The van der Waals surface area contributed by atoms with Crippen LogP contribution in [-0.4, -0.2) is 43.7 Å². The molecule has 1 saturated carbocycles. The van der Waals surface area contributed by atoms with E-state index in [0.29, 0.717) is 24.3 Å². The van der Waals surface area contributed by atoms with Crippen molar-refractivity contribution in [3.63, 3.8) is 0 Å². The molecule has 1 spiro atoms. The first-order valence-corrected chi connectivity index (χ1v) is 9.23. The molecule has 3 rings (SSSR count). The number of carbonyl (C=O) groups is 1. The Bertz CT molecular complexity index is 790. The highest BCUT2D eigenvalue weighted by Gasteiger charge is 2.65. The van der Waals surface area contributed by atoms with Crippen LogP contribution in [-0.2, 0) is 0 Å². The van der Waals surface area contributed by atoms with Crippen molar-refractivity contribution in [3.8, 4) is 0 Å². The molecule has 0 bridgehead atoms. The van der Waals surface area contributed by atoms with Gasteiger partial charge in [-0.2, -0.15) is 9.84 Å². The quantitative estimate of drug-likeness (QED) is 0.384. The third kappa shape index (κ3) is 2.80. The molecule has 4 N–H and O–H groups in total. The van der Waals surface area contributed by atoms with Crippen molar-refractivity contribution in [1.29, 1.82) is 0 Å². The van der Waals surface area contributed by atoms with E-state index in [1.165, 1.54) is 0 Å². The zero-order valence-electron chi connectivity index (χ0n) is 14.7. The van der Waals surface area contributed by atoms with Gasteiger partial charge in [-0.05, 0) is 57.4 Å². The molecule has 8 nitrogen and oxygen atoms in total. The largest absolute Gasteiger partial charge is 0.622 e. The second kappa shape index (κ2) is 6.64. The Balaban J connectivity index is 2.18. The number of nitrogens with one attached hydrogen (secondary N) is 1. The normalized spacial score (nSPS) is 27.3. The van der Waals surface area contributed by atoms with Gasteiger partial charge in [0, 0.05) is 16.5 Å². The molecule has 2 aliphatic rings. The van der Waals surface area contributed by atoms with Crippen LogP contribution < -0.4 is 11.2 Å². The maximum atomic E-state index is 13.5. The predicted octanol–water partition coefficient (Wildman–Crippen LogP) is 2.53. The van der Waals surface area contributed by atoms with Crippen molar-refractivity contribution in [2.45, 2.75) is 50.7 Å². The number of hydroxylamine groups is 3. The molecule has 1 unspecified atom stereocenters. The fourth-order valence-electron chi connectivity index (χ4n) is 3.88.